The highest BCUT2D eigenvalue weighted by molar-refractivity contribution is 9.10. The highest BCUT2D eigenvalue weighted by Crippen LogP contribution is 2.18. The van der Waals surface area contributed by atoms with Crippen LogP contribution < -0.4 is 5.32 Å². The van der Waals surface area contributed by atoms with Gasteiger partial charge in [-0.1, -0.05) is 15.9 Å². The monoisotopic (exact) mass is 294 g/mol. The number of hydrogen-bond acceptors (Lipinski definition) is 3. The van der Waals surface area contributed by atoms with Crippen LogP contribution in [0.1, 0.15) is 5.56 Å². The minimum atomic E-state index is -0.131. The van der Waals surface area contributed by atoms with Gasteiger partial charge in [0.1, 0.15) is 19.2 Å². The molecular weight excluding hydrogens is 284 g/mol. The largest absolute Gasteiger partial charge is 0.324 e. The highest BCUT2D eigenvalue weighted by atomic mass is 79.9. The minimum Gasteiger partial charge on any atom is -0.324 e. The number of hydrogen-bond donors (Lipinski definition) is 1. The minimum absolute atomic E-state index is 0.131. The molecule has 0 spiro atoms. The second-order valence-corrected chi connectivity index (χ2v) is 4.57. The number of amides is 1. The van der Waals surface area contributed by atoms with E-state index in [4.69, 9.17) is 0 Å². The Kier molecular flexibility index (Phi) is 3.53. The second-order valence-electron chi connectivity index (χ2n) is 3.66. The normalized spacial score (nSPS) is 10.2. The number of nitrogens with zero attached hydrogens (tertiary/aromatic N) is 3. The van der Waals surface area contributed by atoms with Crippen LogP contribution in [0.4, 0.5) is 5.69 Å². The molecular formula is C11H11BrN4O. The molecule has 5 nitrogen and oxygen atoms in total. The first kappa shape index (κ1) is 11.8. The molecule has 1 N–H and O–H groups in total. The van der Waals surface area contributed by atoms with E-state index < -0.39 is 0 Å². The zero-order valence-corrected chi connectivity index (χ0v) is 10.8. The van der Waals surface area contributed by atoms with E-state index in [0.717, 1.165) is 15.7 Å². The van der Waals surface area contributed by atoms with Crippen molar-refractivity contribution in [2.24, 2.45) is 0 Å². The molecule has 2 rings (SSSR count). The Labute approximate surface area is 107 Å². The van der Waals surface area contributed by atoms with Gasteiger partial charge in [0.25, 0.3) is 0 Å². The summed E-state index contributed by atoms with van der Waals surface area (Å²) in [5, 5.41) is 6.67. The first-order chi connectivity index (χ1) is 8.13. The van der Waals surface area contributed by atoms with Crippen LogP contribution >= 0.6 is 15.9 Å². The molecule has 0 aliphatic heterocycles. The molecule has 1 amide bonds. The molecule has 0 unspecified atom stereocenters. The number of carbonyl (C=O) groups is 1. The third-order valence-electron chi connectivity index (χ3n) is 2.10. The fraction of sp³-hybridized carbons (Fsp3) is 0.182. The molecule has 0 saturated carbocycles. The lowest BCUT2D eigenvalue weighted by atomic mass is 10.2. The molecule has 0 aliphatic carbocycles. The Morgan fingerprint density at radius 1 is 1.47 bits per heavy atom. The van der Waals surface area contributed by atoms with Crippen molar-refractivity contribution in [3.63, 3.8) is 0 Å². The van der Waals surface area contributed by atoms with Crippen molar-refractivity contribution in [2.45, 2.75) is 13.5 Å². The number of aryl methyl sites for hydroxylation is 1. The van der Waals surface area contributed by atoms with Gasteiger partial charge in [-0.2, -0.15) is 5.10 Å². The van der Waals surface area contributed by atoms with Gasteiger partial charge < -0.3 is 5.32 Å². The molecule has 1 heterocycles. The first-order valence-corrected chi connectivity index (χ1v) is 5.82. The fourth-order valence-electron chi connectivity index (χ4n) is 1.47. The first-order valence-electron chi connectivity index (χ1n) is 5.03. The van der Waals surface area contributed by atoms with Gasteiger partial charge in [-0.05, 0) is 30.7 Å². The van der Waals surface area contributed by atoms with Crippen molar-refractivity contribution >= 4 is 27.5 Å². The maximum atomic E-state index is 11.7. The van der Waals surface area contributed by atoms with Gasteiger partial charge in [-0.25, -0.2) is 9.67 Å². The Hall–Kier alpha value is -1.69. The summed E-state index contributed by atoms with van der Waals surface area (Å²) in [6.45, 7) is 2.13. The zero-order chi connectivity index (χ0) is 12.3. The Morgan fingerprint density at radius 2 is 2.29 bits per heavy atom. The van der Waals surface area contributed by atoms with E-state index >= 15 is 0 Å². The van der Waals surface area contributed by atoms with Crippen LogP contribution in [-0.4, -0.2) is 20.7 Å². The van der Waals surface area contributed by atoms with E-state index in [9.17, 15) is 4.79 Å². The van der Waals surface area contributed by atoms with Crippen molar-refractivity contribution in [1.29, 1.82) is 0 Å². The van der Waals surface area contributed by atoms with E-state index in [1.165, 1.54) is 17.3 Å². The van der Waals surface area contributed by atoms with Crippen LogP contribution in [0.2, 0.25) is 0 Å². The standard InChI is InChI=1S/C11H11BrN4O/c1-8-2-9(12)4-10(3-8)15-11(17)5-16-7-13-6-14-16/h2-4,6-7H,5H2,1H3,(H,15,17). The van der Waals surface area contributed by atoms with Crippen LogP contribution in [0.15, 0.2) is 35.3 Å². The van der Waals surface area contributed by atoms with Gasteiger partial charge in [-0.15, -0.1) is 0 Å². The fourth-order valence-corrected chi connectivity index (χ4v) is 2.08. The van der Waals surface area contributed by atoms with E-state index in [1.54, 1.807) is 0 Å². The lowest BCUT2D eigenvalue weighted by Crippen LogP contribution is -2.19. The van der Waals surface area contributed by atoms with Crippen LogP contribution in [0.3, 0.4) is 0 Å². The summed E-state index contributed by atoms with van der Waals surface area (Å²) in [5.41, 5.74) is 1.84. The molecule has 2 aromatic rings. The molecule has 0 bridgehead atoms. The predicted octanol–water partition coefficient (Wildman–Crippen LogP) is 1.99. The summed E-state index contributed by atoms with van der Waals surface area (Å²) >= 11 is 3.38. The van der Waals surface area contributed by atoms with Gasteiger partial charge >= 0.3 is 0 Å². The molecule has 1 aromatic heterocycles. The predicted molar refractivity (Wildman–Crippen MR) is 67.5 cm³/mol. The number of aromatic nitrogens is 3. The zero-order valence-electron chi connectivity index (χ0n) is 9.22. The Balaban J connectivity index is 2.03. The van der Waals surface area contributed by atoms with Crippen molar-refractivity contribution < 1.29 is 4.79 Å². The van der Waals surface area contributed by atoms with E-state index in [2.05, 4.69) is 31.3 Å². The summed E-state index contributed by atoms with van der Waals surface area (Å²) in [7, 11) is 0. The molecule has 88 valence electrons. The number of carbonyl (C=O) groups excluding carboxylic acids is 1. The third-order valence-corrected chi connectivity index (χ3v) is 2.56. The molecule has 0 radical (unpaired) electrons. The molecule has 17 heavy (non-hydrogen) atoms. The van der Waals surface area contributed by atoms with Crippen molar-refractivity contribution in [3.8, 4) is 0 Å². The number of anilines is 1. The van der Waals surface area contributed by atoms with Crippen molar-refractivity contribution in [2.75, 3.05) is 5.32 Å². The summed E-state index contributed by atoms with van der Waals surface area (Å²) in [6, 6.07) is 5.74. The van der Waals surface area contributed by atoms with Gasteiger partial charge in [0.15, 0.2) is 0 Å². The van der Waals surface area contributed by atoms with Crippen LogP contribution in [0, 0.1) is 6.92 Å². The average molecular weight is 295 g/mol. The van der Waals surface area contributed by atoms with E-state index in [0.29, 0.717) is 0 Å². The van der Waals surface area contributed by atoms with Crippen LogP contribution in [0.5, 0.6) is 0 Å². The van der Waals surface area contributed by atoms with Gasteiger partial charge in [0, 0.05) is 10.2 Å². The van der Waals surface area contributed by atoms with Crippen LogP contribution in [-0.2, 0) is 11.3 Å². The number of benzene rings is 1. The Bertz CT molecular complexity index is 504. The molecule has 0 fully saturated rings. The summed E-state index contributed by atoms with van der Waals surface area (Å²) in [6.07, 6.45) is 2.91. The van der Waals surface area contributed by atoms with Gasteiger partial charge in [0.05, 0.1) is 0 Å². The molecule has 0 atom stereocenters. The smallest absolute Gasteiger partial charge is 0.246 e. The maximum absolute atomic E-state index is 11.7. The topological polar surface area (TPSA) is 59.8 Å². The number of halogens is 1. The second kappa shape index (κ2) is 5.09. The SMILES string of the molecule is Cc1cc(Br)cc(NC(=O)Cn2cncn2)c1. The van der Waals surface area contributed by atoms with Gasteiger partial charge in [0.2, 0.25) is 5.91 Å². The molecule has 6 heteroatoms. The van der Waals surface area contributed by atoms with Crippen molar-refractivity contribution in [1.82, 2.24) is 14.8 Å². The molecule has 0 aliphatic rings. The van der Waals surface area contributed by atoms with E-state index in [-0.39, 0.29) is 12.5 Å². The summed E-state index contributed by atoms with van der Waals surface area (Å²) in [5.74, 6) is -0.131. The quantitative estimate of drug-likeness (QED) is 0.942. The van der Waals surface area contributed by atoms with Crippen molar-refractivity contribution in [3.05, 3.63) is 40.9 Å². The summed E-state index contributed by atoms with van der Waals surface area (Å²) < 4.78 is 2.41. The summed E-state index contributed by atoms with van der Waals surface area (Å²) in [4.78, 5) is 15.5. The Morgan fingerprint density at radius 3 is 2.94 bits per heavy atom. The third kappa shape index (κ3) is 3.39. The maximum Gasteiger partial charge on any atom is 0.246 e. The highest BCUT2D eigenvalue weighted by Gasteiger charge is 2.04. The van der Waals surface area contributed by atoms with E-state index in [1.807, 2.05) is 25.1 Å². The number of nitrogens with one attached hydrogen (secondary N) is 1. The average Bonchev–Trinajstić information content (AvgIpc) is 2.67. The molecule has 1 aromatic carbocycles. The molecule has 0 saturated heterocycles. The van der Waals surface area contributed by atoms with Crippen LogP contribution in [0.25, 0.3) is 0 Å². The lowest BCUT2D eigenvalue weighted by Gasteiger charge is -2.06. The number of rotatable bonds is 3. The lowest BCUT2D eigenvalue weighted by molar-refractivity contribution is -0.116. The van der Waals surface area contributed by atoms with Gasteiger partial charge in [-0.3, -0.25) is 4.79 Å².